The molecule has 4 N–H and O–H groups in total. The third-order valence-corrected chi connectivity index (χ3v) is 9.15. The van der Waals surface area contributed by atoms with Crippen molar-refractivity contribution in [2.45, 2.75) is 43.3 Å². The molecule has 2 amide bonds. The molecule has 1 aromatic heterocycles. The molecule has 3 atom stereocenters. The van der Waals surface area contributed by atoms with Gasteiger partial charge in [-0.1, -0.05) is 41.9 Å². The van der Waals surface area contributed by atoms with Gasteiger partial charge in [-0.05, 0) is 96.9 Å². The zero-order chi connectivity index (χ0) is 32.9. The van der Waals surface area contributed by atoms with Crippen molar-refractivity contribution in [3.8, 4) is 5.69 Å². The fourth-order valence-electron chi connectivity index (χ4n) is 6.48. The molecule has 2 aliphatic heterocycles. The van der Waals surface area contributed by atoms with E-state index in [1.807, 2.05) is 30.3 Å². The van der Waals surface area contributed by atoms with Gasteiger partial charge in [-0.15, -0.1) is 5.10 Å². The summed E-state index contributed by atoms with van der Waals surface area (Å²) in [5.74, 6) is -2.08. The summed E-state index contributed by atoms with van der Waals surface area (Å²) < 4.78 is 1.48. The Morgan fingerprint density at radius 2 is 1.74 bits per heavy atom. The molecule has 0 bridgehead atoms. The number of hydrogen-bond acceptors (Lipinski definition) is 8. The Morgan fingerprint density at radius 1 is 1.00 bits per heavy atom. The number of benzene rings is 3. The molecule has 2 saturated heterocycles. The maximum Gasteiger partial charge on any atom is 0.335 e. The molecule has 0 saturated carbocycles. The van der Waals surface area contributed by atoms with E-state index in [-0.39, 0.29) is 35.4 Å². The number of carbonyl (C=O) groups is 3. The van der Waals surface area contributed by atoms with Crippen LogP contribution in [0.1, 0.15) is 46.7 Å². The number of aromatic nitrogens is 4. The molecule has 0 aliphatic carbocycles. The number of piperidine rings is 2. The Balaban J connectivity index is 1.36. The number of nitrogens with one attached hydrogen (secondary N) is 1. The summed E-state index contributed by atoms with van der Waals surface area (Å²) in [5, 5.41) is 24.2. The van der Waals surface area contributed by atoms with Crippen LogP contribution < -0.4 is 11.1 Å². The first-order chi connectivity index (χ1) is 22.8. The quantitative estimate of drug-likeness (QED) is 0.240. The van der Waals surface area contributed by atoms with Crippen molar-refractivity contribution in [1.29, 1.82) is 0 Å². The number of aromatic carboxylic acids is 1. The first-order valence-electron chi connectivity index (χ1n) is 15.5. The third-order valence-electron chi connectivity index (χ3n) is 8.91. The van der Waals surface area contributed by atoms with Crippen LogP contribution in [0.2, 0.25) is 5.02 Å². The molecule has 3 heterocycles. The van der Waals surface area contributed by atoms with E-state index in [0.29, 0.717) is 34.9 Å². The van der Waals surface area contributed by atoms with Gasteiger partial charge in [-0.3, -0.25) is 14.5 Å². The van der Waals surface area contributed by atoms with Crippen LogP contribution in [-0.4, -0.2) is 90.7 Å². The number of carbonyl (C=O) groups excluding carboxylic acids is 2. The fourth-order valence-corrected chi connectivity index (χ4v) is 6.66. The van der Waals surface area contributed by atoms with Crippen molar-refractivity contribution in [3.63, 3.8) is 0 Å². The number of halogens is 1. The predicted octanol–water partition coefficient (Wildman–Crippen LogP) is 3.84. The molecule has 47 heavy (non-hydrogen) atoms. The molecule has 3 aromatic carbocycles. The molecular weight excluding hydrogens is 620 g/mol. The van der Waals surface area contributed by atoms with Gasteiger partial charge in [-0.25, -0.2) is 4.79 Å². The number of carboxylic acid groups (broad SMARTS) is 1. The molecule has 0 radical (unpaired) electrons. The van der Waals surface area contributed by atoms with E-state index in [1.165, 1.54) is 29.2 Å². The standard InChI is InChI=1S/C34H35ClN8O4/c35-25-9-12-30(43-21-37-39-40-43)24(18-25)8-13-31(44)42-20-28(41-16-14-26(36)15-17-41)19-29(22-4-2-1-3-5-22)32(42)33(45)38-27-10-6-23(7-11-27)34(46)47/h1-13,18,21,26,28-29,32H,14-17,19-20,36H2,(H,38,45)(H,46,47)/t28-,29-,32-/m1/s1. The number of amides is 2. The first kappa shape index (κ1) is 32.0. The van der Waals surface area contributed by atoms with E-state index in [4.69, 9.17) is 17.3 Å². The zero-order valence-electron chi connectivity index (χ0n) is 25.5. The molecule has 2 aliphatic rings. The topological polar surface area (TPSA) is 160 Å². The lowest BCUT2D eigenvalue weighted by Gasteiger charge is -2.48. The van der Waals surface area contributed by atoms with Crippen LogP contribution in [0.5, 0.6) is 0 Å². The van der Waals surface area contributed by atoms with E-state index < -0.39 is 12.0 Å². The highest BCUT2D eigenvalue weighted by atomic mass is 35.5. The Hall–Kier alpha value is -4.91. The lowest BCUT2D eigenvalue weighted by molar-refractivity contribution is -0.139. The first-order valence-corrected chi connectivity index (χ1v) is 15.8. The molecular formula is C34H35ClN8O4. The van der Waals surface area contributed by atoms with Crippen LogP contribution in [0.3, 0.4) is 0 Å². The van der Waals surface area contributed by atoms with E-state index in [0.717, 1.165) is 31.5 Å². The molecule has 12 nitrogen and oxygen atoms in total. The van der Waals surface area contributed by atoms with Crippen molar-refractivity contribution in [3.05, 3.63) is 107 Å². The summed E-state index contributed by atoms with van der Waals surface area (Å²) >= 11 is 6.32. The molecule has 13 heteroatoms. The minimum absolute atomic E-state index is 0.00640. The van der Waals surface area contributed by atoms with Crippen molar-refractivity contribution >= 4 is 41.1 Å². The van der Waals surface area contributed by atoms with Gasteiger partial charge in [0, 0.05) is 46.9 Å². The fraction of sp³-hybridized carbons (Fsp3) is 0.294. The Kier molecular flexibility index (Phi) is 9.71. The van der Waals surface area contributed by atoms with Crippen molar-refractivity contribution < 1.29 is 19.5 Å². The highest BCUT2D eigenvalue weighted by molar-refractivity contribution is 6.30. The van der Waals surface area contributed by atoms with Crippen LogP contribution in [0.25, 0.3) is 11.8 Å². The van der Waals surface area contributed by atoms with Gasteiger partial charge in [-0.2, -0.15) is 4.68 Å². The second-order valence-electron chi connectivity index (χ2n) is 11.9. The van der Waals surface area contributed by atoms with E-state index in [1.54, 1.807) is 41.3 Å². The van der Waals surface area contributed by atoms with Crippen LogP contribution in [0, 0.1) is 0 Å². The number of carboxylic acids is 1. The van der Waals surface area contributed by atoms with Crippen LogP contribution in [0.4, 0.5) is 5.69 Å². The molecule has 242 valence electrons. The summed E-state index contributed by atoms with van der Waals surface area (Å²) in [7, 11) is 0. The second kappa shape index (κ2) is 14.2. The van der Waals surface area contributed by atoms with Gasteiger partial charge in [0.25, 0.3) is 0 Å². The van der Waals surface area contributed by atoms with Gasteiger partial charge in [0.15, 0.2) is 0 Å². The molecule has 4 aromatic rings. The van der Waals surface area contributed by atoms with Crippen LogP contribution >= 0.6 is 11.6 Å². The third kappa shape index (κ3) is 7.40. The summed E-state index contributed by atoms with van der Waals surface area (Å²) in [6, 6.07) is 20.2. The van der Waals surface area contributed by atoms with E-state index >= 15 is 0 Å². The van der Waals surface area contributed by atoms with Gasteiger partial charge < -0.3 is 21.1 Å². The Labute approximate surface area is 276 Å². The predicted molar refractivity (Wildman–Crippen MR) is 177 cm³/mol. The van der Waals surface area contributed by atoms with Crippen LogP contribution in [-0.2, 0) is 9.59 Å². The number of anilines is 1. The van der Waals surface area contributed by atoms with Crippen molar-refractivity contribution in [2.75, 3.05) is 25.0 Å². The summed E-state index contributed by atoms with van der Waals surface area (Å²) in [4.78, 5) is 43.9. The average molecular weight is 655 g/mol. The zero-order valence-corrected chi connectivity index (χ0v) is 26.3. The summed E-state index contributed by atoms with van der Waals surface area (Å²) in [5.41, 5.74) is 8.97. The lowest BCUT2D eigenvalue weighted by atomic mass is 9.80. The second-order valence-corrected chi connectivity index (χ2v) is 12.3. The van der Waals surface area contributed by atoms with Gasteiger partial charge >= 0.3 is 5.97 Å². The average Bonchev–Trinajstić information content (AvgIpc) is 3.62. The summed E-state index contributed by atoms with van der Waals surface area (Å²) in [6.45, 7) is 1.97. The normalized spacial score (nSPS) is 20.7. The maximum atomic E-state index is 14.3. The number of nitrogens with zero attached hydrogens (tertiary/aromatic N) is 6. The monoisotopic (exact) mass is 654 g/mol. The molecule has 2 fully saturated rings. The Bertz CT molecular complexity index is 1740. The lowest BCUT2D eigenvalue weighted by Crippen LogP contribution is -2.61. The van der Waals surface area contributed by atoms with Crippen LogP contribution in [0.15, 0.2) is 85.2 Å². The molecule has 0 spiro atoms. The molecule has 0 unspecified atom stereocenters. The number of rotatable bonds is 8. The van der Waals surface area contributed by atoms with Crippen molar-refractivity contribution in [2.24, 2.45) is 5.73 Å². The van der Waals surface area contributed by atoms with E-state index in [2.05, 4.69) is 25.7 Å². The molecule has 6 rings (SSSR count). The highest BCUT2D eigenvalue weighted by Crippen LogP contribution is 2.37. The number of hydrogen-bond donors (Lipinski definition) is 3. The van der Waals surface area contributed by atoms with Gasteiger partial charge in [0.05, 0.1) is 11.3 Å². The maximum absolute atomic E-state index is 14.3. The highest BCUT2D eigenvalue weighted by Gasteiger charge is 2.44. The SMILES string of the molecule is NC1CCN([C@@H]2C[C@H](c3ccccc3)[C@H](C(=O)Nc3ccc(C(=O)O)cc3)N(C(=O)C=Cc3cc(Cl)ccc3-n3cnnn3)C2)CC1. The van der Waals surface area contributed by atoms with Gasteiger partial charge in [0.2, 0.25) is 11.8 Å². The smallest absolute Gasteiger partial charge is 0.335 e. The minimum Gasteiger partial charge on any atom is -0.478 e. The van der Waals surface area contributed by atoms with Gasteiger partial charge in [0.1, 0.15) is 12.4 Å². The largest absolute Gasteiger partial charge is 0.478 e. The number of tetrazole rings is 1. The number of likely N-dealkylation sites (tertiary alicyclic amines) is 2. The van der Waals surface area contributed by atoms with Crippen molar-refractivity contribution in [1.82, 2.24) is 30.0 Å². The number of nitrogens with two attached hydrogens (primary N) is 1. The minimum atomic E-state index is -1.06. The summed E-state index contributed by atoms with van der Waals surface area (Å²) in [6.07, 6.45) is 6.97. The Morgan fingerprint density at radius 3 is 2.43 bits per heavy atom. The van der Waals surface area contributed by atoms with E-state index in [9.17, 15) is 19.5 Å².